The molecule has 17 heavy (non-hydrogen) atoms. The normalized spacial score (nSPS) is 14.1. The van der Waals surface area contributed by atoms with Gasteiger partial charge in [0.1, 0.15) is 5.75 Å². The minimum atomic E-state index is -1.03. The van der Waals surface area contributed by atoms with Crippen LogP contribution in [0.3, 0.4) is 0 Å². The molecule has 0 amide bonds. The monoisotopic (exact) mass is 257 g/mol. The van der Waals surface area contributed by atoms with Crippen molar-refractivity contribution in [3.8, 4) is 5.75 Å². The molecule has 0 aromatic heterocycles. The first-order chi connectivity index (χ1) is 7.91. The van der Waals surface area contributed by atoms with E-state index in [1.165, 1.54) is 6.92 Å². The number of nitrogens with two attached hydrogens (primary N) is 1. The largest absolute Gasteiger partial charge is 0.479 e. The van der Waals surface area contributed by atoms with Crippen LogP contribution < -0.4 is 10.5 Å². The number of aliphatic carboxylic acids is 1. The lowest BCUT2D eigenvalue weighted by molar-refractivity contribution is -0.144. The fourth-order valence-electron chi connectivity index (χ4n) is 1.42. The van der Waals surface area contributed by atoms with E-state index in [9.17, 15) is 4.79 Å². The molecule has 0 radical (unpaired) electrons. The van der Waals surface area contributed by atoms with Gasteiger partial charge >= 0.3 is 5.97 Å². The average molecular weight is 258 g/mol. The Hall–Kier alpha value is -1.26. The van der Waals surface area contributed by atoms with Gasteiger partial charge in [-0.15, -0.1) is 0 Å². The molecule has 94 valence electrons. The minimum Gasteiger partial charge on any atom is -0.479 e. The van der Waals surface area contributed by atoms with Gasteiger partial charge in [-0.2, -0.15) is 0 Å². The van der Waals surface area contributed by atoms with Gasteiger partial charge < -0.3 is 15.6 Å². The van der Waals surface area contributed by atoms with E-state index in [2.05, 4.69) is 0 Å². The summed E-state index contributed by atoms with van der Waals surface area (Å²) in [5.74, 6) is -0.627. The Labute approximate surface area is 105 Å². The molecule has 0 spiro atoms. The molecule has 2 atom stereocenters. The fraction of sp³-hybridized carbons (Fsp3) is 0.417. The number of halogens is 1. The van der Waals surface area contributed by atoms with Crippen LogP contribution in [0.25, 0.3) is 0 Å². The Kier molecular flexibility index (Phi) is 4.78. The number of benzene rings is 1. The first-order valence-electron chi connectivity index (χ1n) is 5.34. The van der Waals surface area contributed by atoms with Gasteiger partial charge in [-0.25, -0.2) is 4.79 Å². The van der Waals surface area contributed by atoms with E-state index in [-0.39, 0.29) is 6.04 Å². The van der Waals surface area contributed by atoms with Crippen molar-refractivity contribution in [2.45, 2.75) is 32.4 Å². The van der Waals surface area contributed by atoms with Gasteiger partial charge in [0.05, 0.1) is 5.02 Å². The van der Waals surface area contributed by atoms with Gasteiger partial charge in [0.15, 0.2) is 6.10 Å². The van der Waals surface area contributed by atoms with Crippen LogP contribution in [0, 0.1) is 0 Å². The summed E-state index contributed by atoms with van der Waals surface area (Å²) in [5.41, 5.74) is 6.54. The van der Waals surface area contributed by atoms with Crippen molar-refractivity contribution in [1.82, 2.24) is 0 Å². The molecule has 0 aliphatic rings. The van der Waals surface area contributed by atoms with Gasteiger partial charge in [-0.05, 0) is 31.9 Å². The van der Waals surface area contributed by atoms with Crippen LogP contribution in [0.5, 0.6) is 5.75 Å². The lowest BCUT2D eigenvalue weighted by Gasteiger charge is -2.16. The lowest BCUT2D eigenvalue weighted by Crippen LogP contribution is -2.24. The predicted molar refractivity (Wildman–Crippen MR) is 66.5 cm³/mol. The molecule has 1 rings (SSSR count). The molecule has 1 aromatic rings. The molecule has 0 bridgehead atoms. The number of rotatable bonds is 5. The molecule has 0 fully saturated rings. The second-order valence-corrected chi connectivity index (χ2v) is 4.42. The quantitative estimate of drug-likeness (QED) is 0.847. The Morgan fingerprint density at radius 3 is 2.71 bits per heavy atom. The highest BCUT2D eigenvalue weighted by Gasteiger charge is 2.17. The van der Waals surface area contributed by atoms with E-state index in [0.29, 0.717) is 17.2 Å². The zero-order chi connectivity index (χ0) is 13.0. The molecular formula is C12H16ClNO3. The van der Waals surface area contributed by atoms with Crippen LogP contribution in [0.15, 0.2) is 18.2 Å². The van der Waals surface area contributed by atoms with Crippen LogP contribution in [-0.4, -0.2) is 23.2 Å². The third-order valence-corrected chi connectivity index (χ3v) is 2.53. The third-order valence-electron chi connectivity index (χ3n) is 2.23. The highest BCUT2D eigenvalue weighted by atomic mass is 35.5. The minimum absolute atomic E-state index is 0.0454. The zero-order valence-electron chi connectivity index (χ0n) is 9.81. The van der Waals surface area contributed by atoms with E-state index in [0.717, 1.165) is 5.56 Å². The number of carbonyl (C=O) groups is 1. The van der Waals surface area contributed by atoms with Gasteiger partial charge in [-0.1, -0.05) is 23.7 Å². The van der Waals surface area contributed by atoms with E-state index in [1.807, 2.05) is 13.0 Å². The summed E-state index contributed by atoms with van der Waals surface area (Å²) in [6.45, 7) is 3.33. The SMILES string of the molecule is CC(N)Cc1cccc(Cl)c1OC(C)C(=O)O. The van der Waals surface area contributed by atoms with E-state index < -0.39 is 12.1 Å². The summed E-state index contributed by atoms with van der Waals surface area (Å²) in [7, 11) is 0. The second-order valence-electron chi connectivity index (χ2n) is 4.01. The maximum absolute atomic E-state index is 10.8. The highest BCUT2D eigenvalue weighted by molar-refractivity contribution is 6.32. The first-order valence-corrected chi connectivity index (χ1v) is 5.72. The molecule has 1 aromatic carbocycles. The van der Waals surface area contributed by atoms with Crippen molar-refractivity contribution in [3.63, 3.8) is 0 Å². The average Bonchev–Trinajstić information content (AvgIpc) is 2.22. The molecule has 0 saturated carbocycles. The topological polar surface area (TPSA) is 72.5 Å². The number of carboxylic acids is 1. The van der Waals surface area contributed by atoms with Crippen LogP contribution in [-0.2, 0) is 11.2 Å². The van der Waals surface area contributed by atoms with Gasteiger partial charge in [0.2, 0.25) is 0 Å². The Morgan fingerprint density at radius 1 is 1.53 bits per heavy atom. The van der Waals surface area contributed by atoms with E-state index in [4.69, 9.17) is 27.2 Å². The lowest BCUT2D eigenvalue weighted by atomic mass is 10.1. The Balaban J connectivity index is 2.99. The standard InChI is InChI=1S/C12H16ClNO3/c1-7(14)6-9-4-3-5-10(13)11(9)17-8(2)12(15)16/h3-5,7-8H,6,14H2,1-2H3,(H,15,16). The van der Waals surface area contributed by atoms with Crippen molar-refractivity contribution in [2.75, 3.05) is 0 Å². The molecule has 0 aliphatic heterocycles. The van der Waals surface area contributed by atoms with Crippen LogP contribution in [0.2, 0.25) is 5.02 Å². The summed E-state index contributed by atoms with van der Waals surface area (Å²) < 4.78 is 5.35. The molecule has 4 nitrogen and oxygen atoms in total. The maximum atomic E-state index is 10.8. The van der Waals surface area contributed by atoms with Crippen molar-refractivity contribution in [1.29, 1.82) is 0 Å². The molecule has 3 N–H and O–H groups in total. The zero-order valence-corrected chi connectivity index (χ0v) is 10.6. The maximum Gasteiger partial charge on any atom is 0.344 e. The number of hydrogen-bond acceptors (Lipinski definition) is 3. The van der Waals surface area contributed by atoms with Gasteiger partial charge in [0, 0.05) is 6.04 Å². The smallest absolute Gasteiger partial charge is 0.344 e. The number of para-hydroxylation sites is 1. The van der Waals surface area contributed by atoms with E-state index in [1.54, 1.807) is 12.1 Å². The van der Waals surface area contributed by atoms with Crippen molar-refractivity contribution >= 4 is 17.6 Å². The third kappa shape index (κ3) is 3.91. The predicted octanol–water partition coefficient (Wildman–Crippen LogP) is 2.08. The molecule has 0 aliphatic carbocycles. The Morgan fingerprint density at radius 2 is 2.18 bits per heavy atom. The first kappa shape index (κ1) is 13.8. The summed E-state index contributed by atoms with van der Waals surface area (Å²) in [6, 6.07) is 5.24. The summed E-state index contributed by atoms with van der Waals surface area (Å²) in [5, 5.41) is 9.21. The van der Waals surface area contributed by atoms with Gasteiger partial charge in [-0.3, -0.25) is 0 Å². The van der Waals surface area contributed by atoms with E-state index >= 15 is 0 Å². The summed E-state index contributed by atoms with van der Waals surface area (Å²) >= 11 is 6.00. The van der Waals surface area contributed by atoms with Crippen molar-refractivity contribution in [2.24, 2.45) is 5.73 Å². The molecule has 2 unspecified atom stereocenters. The van der Waals surface area contributed by atoms with Crippen LogP contribution in [0.4, 0.5) is 0 Å². The highest BCUT2D eigenvalue weighted by Crippen LogP contribution is 2.30. The summed E-state index contributed by atoms with van der Waals surface area (Å²) in [4.78, 5) is 10.8. The van der Waals surface area contributed by atoms with Crippen LogP contribution >= 0.6 is 11.6 Å². The van der Waals surface area contributed by atoms with Crippen molar-refractivity contribution in [3.05, 3.63) is 28.8 Å². The molecular weight excluding hydrogens is 242 g/mol. The van der Waals surface area contributed by atoms with Crippen molar-refractivity contribution < 1.29 is 14.6 Å². The number of carboxylic acid groups (broad SMARTS) is 1. The van der Waals surface area contributed by atoms with Crippen LogP contribution in [0.1, 0.15) is 19.4 Å². The molecule has 5 heteroatoms. The second kappa shape index (κ2) is 5.89. The molecule has 0 saturated heterocycles. The van der Waals surface area contributed by atoms with Gasteiger partial charge in [0.25, 0.3) is 0 Å². The number of hydrogen-bond donors (Lipinski definition) is 2. The number of ether oxygens (including phenoxy) is 1. The Bertz CT molecular complexity index is 407. The summed E-state index contributed by atoms with van der Waals surface area (Å²) in [6.07, 6.45) is -0.357. The fourth-order valence-corrected chi connectivity index (χ4v) is 1.66. The molecule has 0 heterocycles.